The molecule has 1 aliphatic rings. The molecule has 106 valence electrons. The number of morpholine rings is 1. The quantitative estimate of drug-likeness (QED) is 0.870. The molecule has 2 aromatic rings. The van der Waals surface area contributed by atoms with Gasteiger partial charge in [-0.2, -0.15) is 5.10 Å². The first kappa shape index (κ1) is 13.5. The van der Waals surface area contributed by atoms with E-state index in [0.717, 1.165) is 31.1 Å². The van der Waals surface area contributed by atoms with Gasteiger partial charge in [0.1, 0.15) is 6.33 Å². The van der Waals surface area contributed by atoms with Gasteiger partial charge >= 0.3 is 0 Å². The number of rotatable bonds is 3. The van der Waals surface area contributed by atoms with Crippen LogP contribution >= 0.6 is 11.6 Å². The molecule has 0 radical (unpaired) electrons. The molecule has 3 rings (SSSR count). The van der Waals surface area contributed by atoms with Crippen molar-refractivity contribution >= 4 is 11.6 Å². The van der Waals surface area contributed by atoms with Crippen molar-refractivity contribution in [3.8, 4) is 11.4 Å². The van der Waals surface area contributed by atoms with Crippen molar-refractivity contribution in [2.45, 2.75) is 19.6 Å². The molecular formula is C14H17ClN4O. The molecule has 0 bridgehead atoms. The van der Waals surface area contributed by atoms with Gasteiger partial charge in [-0.25, -0.2) is 9.67 Å². The van der Waals surface area contributed by atoms with Gasteiger partial charge in [0.2, 0.25) is 0 Å². The second kappa shape index (κ2) is 5.91. The maximum atomic E-state index is 6.24. The molecule has 5 nitrogen and oxygen atoms in total. The molecule has 1 aromatic heterocycles. The Labute approximate surface area is 123 Å². The molecule has 2 heterocycles. The molecule has 1 aromatic carbocycles. The van der Waals surface area contributed by atoms with E-state index in [1.165, 1.54) is 0 Å². The zero-order chi connectivity index (χ0) is 13.9. The molecule has 1 aliphatic heterocycles. The minimum absolute atomic E-state index is 0.382. The Morgan fingerprint density at radius 1 is 1.40 bits per heavy atom. The molecule has 1 saturated heterocycles. The third-order valence-electron chi connectivity index (χ3n) is 3.55. The molecule has 0 spiro atoms. The van der Waals surface area contributed by atoms with Crippen molar-refractivity contribution in [3.05, 3.63) is 35.6 Å². The van der Waals surface area contributed by atoms with Crippen molar-refractivity contribution < 1.29 is 4.74 Å². The molecule has 1 fully saturated rings. The van der Waals surface area contributed by atoms with Crippen LogP contribution in [0.4, 0.5) is 0 Å². The lowest BCUT2D eigenvalue weighted by Crippen LogP contribution is -2.44. The molecular weight excluding hydrogens is 276 g/mol. The number of aromatic nitrogens is 3. The van der Waals surface area contributed by atoms with E-state index < -0.39 is 0 Å². The van der Waals surface area contributed by atoms with Crippen LogP contribution in [0.3, 0.4) is 0 Å². The minimum atomic E-state index is 0.382. The zero-order valence-electron chi connectivity index (χ0n) is 11.4. The maximum absolute atomic E-state index is 6.24. The SMILES string of the molecule is C[C@@H]1COCCN1Cn1ncnc1-c1ccccc1Cl. The van der Waals surface area contributed by atoms with Crippen LogP contribution in [0.25, 0.3) is 11.4 Å². The average molecular weight is 293 g/mol. The monoisotopic (exact) mass is 292 g/mol. The van der Waals surface area contributed by atoms with Crippen LogP contribution in [0.15, 0.2) is 30.6 Å². The normalized spacial score (nSPS) is 20.2. The second-order valence-corrected chi connectivity index (χ2v) is 5.35. The molecule has 0 unspecified atom stereocenters. The van der Waals surface area contributed by atoms with Gasteiger partial charge < -0.3 is 4.74 Å². The topological polar surface area (TPSA) is 43.2 Å². The summed E-state index contributed by atoms with van der Waals surface area (Å²) in [6.45, 7) is 5.29. The first-order valence-electron chi connectivity index (χ1n) is 6.70. The van der Waals surface area contributed by atoms with Crippen LogP contribution in [0.1, 0.15) is 6.92 Å². The van der Waals surface area contributed by atoms with Gasteiger partial charge in [0.05, 0.1) is 24.9 Å². The van der Waals surface area contributed by atoms with E-state index >= 15 is 0 Å². The van der Waals surface area contributed by atoms with Crippen LogP contribution in [0.2, 0.25) is 5.02 Å². The standard InChI is InChI=1S/C14H17ClN4O/c1-11-8-20-7-6-18(11)10-19-14(16-9-17-19)12-4-2-3-5-13(12)15/h2-5,9,11H,6-8,10H2,1H3/t11-/m1/s1. The summed E-state index contributed by atoms with van der Waals surface area (Å²) in [4.78, 5) is 6.68. The Morgan fingerprint density at radius 2 is 2.25 bits per heavy atom. The predicted molar refractivity (Wildman–Crippen MR) is 77.5 cm³/mol. The van der Waals surface area contributed by atoms with Crippen LogP contribution < -0.4 is 0 Å². The fraction of sp³-hybridized carbons (Fsp3) is 0.429. The summed E-state index contributed by atoms with van der Waals surface area (Å²) in [7, 11) is 0. The lowest BCUT2D eigenvalue weighted by Gasteiger charge is -2.33. The van der Waals surface area contributed by atoms with E-state index in [0.29, 0.717) is 17.7 Å². The number of hydrogen-bond donors (Lipinski definition) is 0. The highest BCUT2D eigenvalue weighted by Gasteiger charge is 2.21. The Balaban J connectivity index is 1.85. The van der Waals surface area contributed by atoms with Gasteiger partial charge in [-0.1, -0.05) is 23.7 Å². The highest BCUT2D eigenvalue weighted by atomic mass is 35.5. The van der Waals surface area contributed by atoms with E-state index in [2.05, 4.69) is 21.9 Å². The first-order valence-corrected chi connectivity index (χ1v) is 7.08. The van der Waals surface area contributed by atoms with Gasteiger partial charge in [-0.3, -0.25) is 4.90 Å². The third-order valence-corrected chi connectivity index (χ3v) is 3.88. The summed E-state index contributed by atoms with van der Waals surface area (Å²) < 4.78 is 7.35. The number of halogens is 1. The van der Waals surface area contributed by atoms with Gasteiger partial charge in [0.25, 0.3) is 0 Å². The zero-order valence-corrected chi connectivity index (χ0v) is 12.1. The van der Waals surface area contributed by atoms with E-state index in [4.69, 9.17) is 16.3 Å². The van der Waals surface area contributed by atoms with E-state index in [9.17, 15) is 0 Å². The lowest BCUT2D eigenvalue weighted by molar-refractivity contribution is -0.0169. The van der Waals surface area contributed by atoms with Crippen molar-refractivity contribution in [2.75, 3.05) is 19.8 Å². The molecule has 0 aliphatic carbocycles. The highest BCUT2D eigenvalue weighted by Crippen LogP contribution is 2.25. The Kier molecular flexibility index (Phi) is 4.00. The number of benzene rings is 1. The summed E-state index contributed by atoms with van der Waals surface area (Å²) in [5.41, 5.74) is 0.910. The molecule has 1 atom stereocenters. The van der Waals surface area contributed by atoms with Crippen molar-refractivity contribution in [3.63, 3.8) is 0 Å². The van der Waals surface area contributed by atoms with Gasteiger partial charge in [0.15, 0.2) is 5.82 Å². The lowest BCUT2D eigenvalue weighted by atomic mass is 10.2. The second-order valence-electron chi connectivity index (χ2n) is 4.94. The largest absolute Gasteiger partial charge is 0.379 e. The molecule has 0 saturated carbocycles. The van der Waals surface area contributed by atoms with Crippen LogP contribution in [-0.2, 0) is 11.4 Å². The van der Waals surface area contributed by atoms with Crippen molar-refractivity contribution in [1.82, 2.24) is 19.7 Å². The van der Waals surface area contributed by atoms with Crippen LogP contribution in [0.5, 0.6) is 0 Å². The van der Waals surface area contributed by atoms with Gasteiger partial charge in [0, 0.05) is 18.2 Å². The van der Waals surface area contributed by atoms with Crippen molar-refractivity contribution in [1.29, 1.82) is 0 Å². The summed E-state index contributed by atoms with van der Waals surface area (Å²) in [5.74, 6) is 0.800. The van der Waals surface area contributed by atoms with E-state index in [-0.39, 0.29) is 0 Å². The summed E-state index contributed by atoms with van der Waals surface area (Å²) in [6, 6.07) is 8.08. The number of hydrogen-bond acceptors (Lipinski definition) is 4. The summed E-state index contributed by atoms with van der Waals surface area (Å²) in [6.07, 6.45) is 1.57. The average Bonchev–Trinajstić information content (AvgIpc) is 2.90. The minimum Gasteiger partial charge on any atom is -0.379 e. The van der Waals surface area contributed by atoms with Crippen molar-refractivity contribution in [2.24, 2.45) is 0 Å². The fourth-order valence-corrected chi connectivity index (χ4v) is 2.58. The first-order chi connectivity index (χ1) is 9.75. The Morgan fingerprint density at radius 3 is 3.05 bits per heavy atom. The van der Waals surface area contributed by atoms with Crippen LogP contribution in [-0.4, -0.2) is 45.5 Å². The third kappa shape index (κ3) is 2.70. The van der Waals surface area contributed by atoms with Crippen LogP contribution in [0, 0.1) is 0 Å². The molecule has 0 N–H and O–H groups in total. The number of ether oxygens (including phenoxy) is 1. The van der Waals surface area contributed by atoms with Gasteiger partial charge in [-0.05, 0) is 19.1 Å². The Bertz CT molecular complexity index is 586. The molecule has 0 amide bonds. The smallest absolute Gasteiger partial charge is 0.160 e. The Hall–Kier alpha value is -1.43. The predicted octanol–water partition coefficient (Wildman–Crippen LogP) is 2.28. The molecule has 20 heavy (non-hydrogen) atoms. The maximum Gasteiger partial charge on any atom is 0.160 e. The summed E-state index contributed by atoms with van der Waals surface area (Å²) >= 11 is 6.24. The van der Waals surface area contributed by atoms with E-state index in [1.54, 1.807) is 6.33 Å². The highest BCUT2D eigenvalue weighted by molar-refractivity contribution is 6.33. The van der Waals surface area contributed by atoms with Gasteiger partial charge in [-0.15, -0.1) is 0 Å². The van der Waals surface area contributed by atoms with E-state index in [1.807, 2.05) is 28.9 Å². The summed E-state index contributed by atoms with van der Waals surface area (Å²) in [5, 5.41) is 5.02. The molecule has 6 heteroatoms. The fourth-order valence-electron chi connectivity index (χ4n) is 2.36. The number of nitrogens with zero attached hydrogens (tertiary/aromatic N) is 4.